The minimum absolute atomic E-state index is 0.184. The van der Waals surface area contributed by atoms with Crippen molar-refractivity contribution in [2.24, 2.45) is 0 Å². The molecule has 1 aromatic heterocycles. The summed E-state index contributed by atoms with van der Waals surface area (Å²) in [6.07, 6.45) is 0.875. The average molecular weight is 495 g/mol. The molecule has 1 unspecified atom stereocenters. The van der Waals surface area contributed by atoms with Gasteiger partial charge < -0.3 is 14.7 Å². The summed E-state index contributed by atoms with van der Waals surface area (Å²) in [5.74, 6) is 1.08. The van der Waals surface area contributed by atoms with Crippen molar-refractivity contribution < 1.29 is 4.52 Å². The molecule has 5 rings (SSSR count). The first-order chi connectivity index (χ1) is 17.4. The van der Waals surface area contributed by atoms with Crippen molar-refractivity contribution in [3.8, 4) is 11.4 Å². The van der Waals surface area contributed by atoms with Gasteiger partial charge in [0.2, 0.25) is 5.82 Å². The molecule has 5 nitrogen and oxygen atoms in total. The van der Waals surface area contributed by atoms with Crippen LogP contribution < -0.4 is 5.32 Å². The third kappa shape index (κ3) is 4.82. The molecule has 1 aliphatic heterocycles. The third-order valence-electron chi connectivity index (χ3n) is 6.89. The second-order valence-electron chi connectivity index (χ2n) is 9.40. The van der Waals surface area contributed by atoms with E-state index in [0.29, 0.717) is 16.8 Å². The Hall–Kier alpha value is -3.77. The maximum Gasteiger partial charge on any atom is 0.258 e. The van der Waals surface area contributed by atoms with E-state index in [4.69, 9.17) is 21.7 Å². The van der Waals surface area contributed by atoms with E-state index < -0.39 is 0 Å². The van der Waals surface area contributed by atoms with Gasteiger partial charge in [0, 0.05) is 17.8 Å². The maximum atomic E-state index is 5.88. The summed E-state index contributed by atoms with van der Waals surface area (Å²) in [5, 5.41) is 8.60. The van der Waals surface area contributed by atoms with Crippen LogP contribution in [0.1, 0.15) is 46.7 Å². The summed E-state index contributed by atoms with van der Waals surface area (Å²) in [6, 6.07) is 24.9. The van der Waals surface area contributed by atoms with Crippen LogP contribution in [0.5, 0.6) is 0 Å². The van der Waals surface area contributed by atoms with Gasteiger partial charge in [0.05, 0.1) is 11.6 Å². The van der Waals surface area contributed by atoms with E-state index in [-0.39, 0.29) is 6.04 Å². The van der Waals surface area contributed by atoms with Gasteiger partial charge in [-0.1, -0.05) is 83.5 Å². The first-order valence-corrected chi connectivity index (χ1v) is 12.6. The molecule has 0 saturated carbocycles. The van der Waals surface area contributed by atoms with E-state index in [2.05, 4.69) is 97.7 Å². The largest absolute Gasteiger partial charge is 0.351 e. The Morgan fingerprint density at radius 3 is 2.39 bits per heavy atom. The van der Waals surface area contributed by atoms with Crippen molar-refractivity contribution in [1.29, 1.82) is 0 Å². The van der Waals surface area contributed by atoms with Crippen LogP contribution >= 0.6 is 12.2 Å². The maximum absolute atomic E-state index is 5.88. The highest BCUT2D eigenvalue weighted by molar-refractivity contribution is 7.80. The molecule has 0 radical (unpaired) electrons. The van der Waals surface area contributed by atoms with Gasteiger partial charge in [-0.05, 0) is 68.6 Å². The van der Waals surface area contributed by atoms with Crippen LogP contribution in [-0.4, -0.2) is 26.7 Å². The summed E-state index contributed by atoms with van der Waals surface area (Å²) in [6.45, 7) is 9.16. The third-order valence-corrected chi connectivity index (χ3v) is 7.23. The van der Waals surface area contributed by atoms with E-state index in [1.165, 1.54) is 22.3 Å². The van der Waals surface area contributed by atoms with Crippen LogP contribution in [0.3, 0.4) is 0 Å². The lowest BCUT2D eigenvalue weighted by Gasteiger charge is -2.37. The highest BCUT2D eigenvalue weighted by Gasteiger charge is 2.34. The quantitative estimate of drug-likeness (QED) is 0.306. The first kappa shape index (κ1) is 23.9. The van der Waals surface area contributed by atoms with Gasteiger partial charge in [0.25, 0.3) is 5.89 Å². The Morgan fingerprint density at radius 1 is 0.917 bits per heavy atom. The van der Waals surface area contributed by atoms with Crippen molar-refractivity contribution >= 4 is 22.9 Å². The van der Waals surface area contributed by atoms with Gasteiger partial charge >= 0.3 is 0 Å². The van der Waals surface area contributed by atoms with Gasteiger partial charge in [-0.2, -0.15) is 4.98 Å². The first-order valence-electron chi connectivity index (χ1n) is 12.2. The topological polar surface area (TPSA) is 54.2 Å². The lowest BCUT2D eigenvalue weighted by Crippen LogP contribution is -2.46. The number of thiocarbonyl (C=S) groups is 1. The molecule has 182 valence electrons. The van der Waals surface area contributed by atoms with Crippen molar-refractivity contribution in [1.82, 2.24) is 20.4 Å². The number of aryl methyl sites for hydroxylation is 3. The molecule has 0 bridgehead atoms. The monoisotopic (exact) mass is 494 g/mol. The molecule has 4 aromatic rings. The fourth-order valence-corrected chi connectivity index (χ4v) is 4.91. The fourth-order valence-electron chi connectivity index (χ4n) is 4.56. The van der Waals surface area contributed by atoms with Crippen LogP contribution in [0.2, 0.25) is 0 Å². The molecule has 1 N–H and O–H groups in total. The number of rotatable bonds is 6. The van der Waals surface area contributed by atoms with Crippen molar-refractivity contribution in [3.05, 3.63) is 112 Å². The molecule has 2 heterocycles. The Labute approximate surface area is 217 Å². The summed E-state index contributed by atoms with van der Waals surface area (Å²) >= 11 is 5.87. The number of hydrogen-bond donors (Lipinski definition) is 1. The van der Waals surface area contributed by atoms with E-state index in [1.807, 2.05) is 18.2 Å². The minimum atomic E-state index is -0.184. The Bertz CT molecular complexity index is 1420. The molecule has 3 aromatic carbocycles. The van der Waals surface area contributed by atoms with Crippen LogP contribution in [0.15, 0.2) is 83.0 Å². The Balaban J connectivity index is 1.56. The number of allylic oxidation sites excluding steroid dienone is 1. The summed E-state index contributed by atoms with van der Waals surface area (Å²) in [7, 11) is 0. The molecule has 6 heteroatoms. The number of nitrogens with one attached hydrogen (secondary N) is 1. The van der Waals surface area contributed by atoms with E-state index >= 15 is 0 Å². The SMILES string of the molecule is CC1=C(c2nc(-c3ccc(C)cc3)no2)C(c2ccc(C)c(C)c2)NC(=S)N1CCc1ccccc1. The zero-order chi connectivity index (χ0) is 25.2. The number of hydrogen-bond acceptors (Lipinski definition) is 4. The average Bonchev–Trinajstić information content (AvgIpc) is 3.36. The normalized spacial score (nSPS) is 15.8. The lowest BCUT2D eigenvalue weighted by molar-refractivity contribution is 0.397. The summed E-state index contributed by atoms with van der Waals surface area (Å²) in [4.78, 5) is 6.98. The number of nitrogens with zero attached hydrogens (tertiary/aromatic N) is 3. The lowest BCUT2D eigenvalue weighted by atomic mass is 9.92. The molecule has 0 saturated heterocycles. The Kier molecular flexibility index (Phi) is 6.70. The van der Waals surface area contributed by atoms with Crippen LogP contribution in [-0.2, 0) is 6.42 Å². The molecule has 36 heavy (non-hydrogen) atoms. The van der Waals surface area contributed by atoms with Crippen LogP contribution in [0.25, 0.3) is 17.0 Å². The van der Waals surface area contributed by atoms with Gasteiger partial charge in [-0.25, -0.2) is 0 Å². The molecule has 1 atom stereocenters. The van der Waals surface area contributed by atoms with Gasteiger partial charge in [-0.3, -0.25) is 0 Å². The van der Waals surface area contributed by atoms with E-state index in [9.17, 15) is 0 Å². The van der Waals surface area contributed by atoms with Crippen molar-refractivity contribution in [2.45, 2.75) is 40.2 Å². The molecular weight excluding hydrogens is 464 g/mol. The molecule has 0 aliphatic carbocycles. The second kappa shape index (κ2) is 10.1. The highest BCUT2D eigenvalue weighted by Crippen LogP contribution is 2.38. The fraction of sp³-hybridized carbons (Fsp3) is 0.233. The molecular formula is C30H30N4OS. The Morgan fingerprint density at radius 2 is 1.67 bits per heavy atom. The molecule has 0 amide bonds. The standard InChI is InChI=1S/C30H30N4OS/c1-19-10-13-24(14-11-19)28-32-29(35-33-28)26-22(4)34(17-16-23-8-6-5-7-9-23)30(36)31-27(26)25-15-12-20(2)21(3)18-25/h5-15,18,27H,16-17H2,1-4H3,(H,31,36). The number of benzene rings is 3. The minimum Gasteiger partial charge on any atom is -0.351 e. The second-order valence-corrected chi connectivity index (χ2v) is 9.79. The van der Waals surface area contributed by atoms with E-state index in [0.717, 1.165) is 35.4 Å². The van der Waals surface area contributed by atoms with Crippen LogP contribution in [0, 0.1) is 20.8 Å². The predicted molar refractivity (Wildman–Crippen MR) is 148 cm³/mol. The predicted octanol–water partition coefficient (Wildman–Crippen LogP) is 6.57. The number of aromatic nitrogens is 2. The van der Waals surface area contributed by atoms with Gasteiger partial charge in [0.1, 0.15) is 0 Å². The zero-order valence-electron chi connectivity index (χ0n) is 21.1. The summed E-state index contributed by atoms with van der Waals surface area (Å²) in [5.41, 5.74) is 8.96. The van der Waals surface area contributed by atoms with Crippen molar-refractivity contribution in [3.63, 3.8) is 0 Å². The van der Waals surface area contributed by atoms with Gasteiger partial charge in [0.15, 0.2) is 5.11 Å². The van der Waals surface area contributed by atoms with E-state index in [1.54, 1.807) is 0 Å². The molecule has 1 aliphatic rings. The smallest absolute Gasteiger partial charge is 0.258 e. The van der Waals surface area contributed by atoms with Crippen LogP contribution in [0.4, 0.5) is 0 Å². The highest BCUT2D eigenvalue weighted by atomic mass is 32.1. The molecule has 0 fully saturated rings. The summed E-state index contributed by atoms with van der Waals surface area (Å²) < 4.78 is 5.88. The van der Waals surface area contributed by atoms with Gasteiger partial charge in [-0.15, -0.1) is 0 Å². The molecule has 0 spiro atoms. The zero-order valence-corrected chi connectivity index (χ0v) is 21.9. The van der Waals surface area contributed by atoms with Crippen molar-refractivity contribution in [2.75, 3.05) is 6.54 Å².